The van der Waals surface area contributed by atoms with E-state index in [1.54, 1.807) is 0 Å². The summed E-state index contributed by atoms with van der Waals surface area (Å²) >= 11 is 0. The molecule has 0 spiro atoms. The summed E-state index contributed by atoms with van der Waals surface area (Å²) < 4.78 is 33.6. The molecule has 0 saturated heterocycles. The fourth-order valence-electron chi connectivity index (χ4n) is 6.27. The van der Waals surface area contributed by atoms with Gasteiger partial charge in [-0.1, -0.05) is 58.6 Å². The summed E-state index contributed by atoms with van der Waals surface area (Å²) in [6.07, 6.45) is 19.9. The van der Waals surface area contributed by atoms with Gasteiger partial charge in [0.25, 0.3) is 0 Å². The minimum absolute atomic E-state index is 0. The molecular formula is C24H36NaO3PS. The molecule has 0 N–H and O–H groups in total. The summed E-state index contributed by atoms with van der Waals surface area (Å²) in [5, 5.41) is 0. The SMILES string of the molecule is O=S(=O)([O-])c1ccc(C2CCC(P(C3CCCCC3)C3CCCCC3)CC2)cc1.[Na+]. The number of rotatable bonds is 5. The van der Waals surface area contributed by atoms with Crippen molar-refractivity contribution in [2.75, 3.05) is 0 Å². The van der Waals surface area contributed by atoms with Crippen molar-refractivity contribution < 1.29 is 42.5 Å². The largest absolute Gasteiger partial charge is 1.00 e. The molecule has 0 bridgehead atoms. The van der Waals surface area contributed by atoms with Crippen LogP contribution in [0, 0.1) is 0 Å². The van der Waals surface area contributed by atoms with Crippen molar-refractivity contribution in [3.05, 3.63) is 29.8 Å². The quantitative estimate of drug-likeness (QED) is 0.384. The van der Waals surface area contributed by atoms with Gasteiger partial charge >= 0.3 is 29.6 Å². The molecule has 3 saturated carbocycles. The molecule has 1 aromatic rings. The summed E-state index contributed by atoms with van der Waals surface area (Å²) in [4.78, 5) is -0.104. The maximum atomic E-state index is 11.2. The zero-order valence-electron chi connectivity index (χ0n) is 18.6. The van der Waals surface area contributed by atoms with Crippen LogP contribution in [-0.2, 0) is 10.1 Å². The van der Waals surface area contributed by atoms with Gasteiger partial charge in [-0.15, -0.1) is 0 Å². The third-order valence-corrected chi connectivity index (χ3v) is 12.7. The molecule has 3 aliphatic carbocycles. The third-order valence-electron chi connectivity index (χ3n) is 7.75. The van der Waals surface area contributed by atoms with E-state index >= 15 is 0 Å². The van der Waals surface area contributed by atoms with Crippen LogP contribution < -0.4 is 29.6 Å². The van der Waals surface area contributed by atoms with Gasteiger partial charge in [0.1, 0.15) is 10.1 Å². The third kappa shape index (κ3) is 6.33. The molecule has 0 atom stereocenters. The van der Waals surface area contributed by atoms with Crippen molar-refractivity contribution in [3.63, 3.8) is 0 Å². The van der Waals surface area contributed by atoms with Crippen LogP contribution in [0.15, 0.2) is 29.2 Å². The van der Waals surface area contributed by atoms with E-state index in [1.807, 2.05) is 12.1 Å². The van der Waals surface area contributed by atoms with E-state index in [1.165, 1.54) is 108 Å². The van der Waals surface area contributed by atoms with Crippen molar-refractivity contribution in [1.82, 2.24) is 0 Å². The molecule has 3 nitrogen and oxygen atoms in total. The molecule has 6 heteroatoms. The standard InChI is InChI=1S/C24H37O3PS.Na/c25-29(26,27)24-17-13-20(14-18-24)19-11-15-23(16-12-19)28(21-7-3-1-4-8-21)22-9-5-2-6-10-22;/h13-14,17-19,21-23H,1-12,15-16H2,(H,25,26,27);/q;+1/p-1. The zero-order chi connectivity index (χ0) is 20.3. The van der Waals surface area contributed by atoms with E-state index in [9.17, 15) is 13.0 Å². The second kappa shape index (κ2) is 11.6. The Kier molecular flexibility index (Phi) is 9.75. The smallest absolute Gasteiger partial charge is 0.744 e. The number of benzene rings is 1. The second-order valence-electron chi connectivity index (χ2n) is 9.56. The minimum atomic E-state index is -4.34. The minimum Gasteiger partial charge on any atom is -0.744 e. The molecule has 162 valence electrons. The molecule has 0 heterocycles. The van der Waals surface area contributed by atoms with Crippen molar-refractivity contribution in [1.29, 1.82) is 0 Å². The van der Waals surface area contributed by atoms with Crippen molar-refractivity contribution in [2.45, 2.75) is 118 Å². The zero-order valence-corrected chi connectivity index (χ0v) is 22.3. The predicted molar refractivity (Wildman–Crippen MR) is 120 cm³/mol. The van der Waals surface area contributed by atoms with E-state index < -0.39 is 10.1 Å². The first-order valence-corrected chi connectivity index (χ1v) is 14.8. The molecule has 1 aromatic carbocycles. The topological polar surface area (TPSA) is 57.2 Å². The summed E-state index contributed by atoms with van der Waals surface area (Å²) in [6.45, 7) is 0. The van der Waals surface area contributed by atoms with Crippen LogP contribution in [0.3, 0.4) is 0 Å². The van der Waals surface area contributed by atoms with E-state index in [0.29, 0.717) is 5.92 Å². The van der Waals surface area contributed by atoms with Gasteiger partial charge < -0.3 is 4.55 Å². The van der Waals surface area contributed by atoms with Crippen molar-refractivity contribution in [2.24, 2.45) is 0 Å². The average molecular weight is 459 g/mol. The summed E-state index contributed by atoms with van der Waals surface area (Å²) in [5.74, 6) is 0.532. The first-order valence-electron chi connectivity index (χ1n) is 11.9. The maximum absolute atomic E-state index is 11.2. The van der Waals surface area contributed by atoms with Crippen molar-refractivity contribution >= 4 is 18.0 Å². The van der Waals surface area contributed by atoms with Gasteiger partial charge in [0.15, 0.2) is 0 Å². The van der Waals surface area contributed by atoms with Crippen LogP contribution in [-0.4, -0.2) is 29.9 Å². The monoisotopic (exact) mass is 458 g/mol. The van der Waals surface area contributed by atoms with Gasteiger partial charge in [0, 0.05) is 0 Å². The van der Waals surface area contributed by atoms with E-state index in [0.717, 1.165) is 17.0 Å². The Morgan fingerprint density at radius 3 is 1.53 bits per heavy atom. The number of hydrogen-bond acceptors (Lipinski definition) is 3. The molecular weight excluding hydrogens is 422 g/mol. The molecule has 0 aromatic heterocycles. The van der Waals surface area contributed by atoms with Gasteiger partial charge in [-0.3, -0.25) is 0 Å². The van der Waals surface area contributed by atoms with Crippen LogP contribution in [0.2, 0.25) is 0 Å². The van der Waals surface area contributed by atoms with E-state index in [-0.39, 0.29) is 42.4 Å². The summed E-state index contributed by atoms with van der Waals surface area (Å²) in [5.41, 5.74) is 4.24. The molecule has 0 amide bonds. The number of hydrogen-bond donors (Lipinski definition) is 0. The van der Waals surface area contributed by atoms with Gasteiger partial charge in [-0.2, -0.15) is 0 Å². The fourth-order valence-corrected chi connectivity index (χ4v) is 11.3. The van der Waals surface area contributed by atoms with E-state index in [4.69, 9.17) is 0 Å². The molecule has 0 unspecified atom stereocenters. The Morgan fingerprint density at radius 1 is 0.667 bits per heavy atom. The van der Waals surface area contributed by atoms with Crippen LogP contribution in [0.4, 0.5) is 0 Å². The summed E-state index contributed by atoms with van der Waals surface area (Å²) in [6, 6.07) is 6.75. The van der Waals surface area contributed by atoms with Crippen molar-refractivity contribution in [3.8, 4) is 0 Å². The van der Waals surface area contributed by atoms with Gasteiger partial charge in [0.05, 0.1) is 4.90 Å². The summed E-state index contributed by atoms with van der Waals surface area (Å²) in [7, 11) is -4.19. The Morgan fingerprint density at radius 2 is 1.10 bits per heavy atom. The van der Waals surface area contributed by atoms with E-state index in [2.05, 4.69) is 0 Å². The van der Waals surface area contributed by atoms with Crippen LogP contribution in [0.5, 0.6) is 0 Å². The van der Waals surface area contributed by atoms with Gasteiger partial charge in [0.2, 0.25) is 0 Å². The average Bonchev–Trinajstić information content (AvgIpc) is 2.76. The van der Waals surface area contributed by atoms with Gasteiger partial charge in [-0.05, 0) is 92.0 Å². The molecule has 3 aliphatic rings. The molecule has 30 heavy (non-hydrogen) atoms. The predicted octanol–water partition coefficient (Wildman–Crippen LogP) is 3.77. The Hall–Kier alpha value is 0.560. The van der Waals surface area contributed by atoms with Crippen LogP contribution >= 0.6 is 7.92 Å². The second-order valence-corrected chi connectivity index (χ2v) is 14.0. The molecule has 0 aliphatic heterocycles. The fraction of sp³-hybridized carbons (Fsp3) is 0.750. The first-order chi connectivity index (χ1) is 14.0. The maximum Gasteiger partial charge on any atom is 1.00 e. The van der Waals surface area contributed by atoms with Crippen LogP contribution in [0.25, 0.3) is 0 Å². The van der Waals surface area contributed by atoms with Crippen LogP contribution in [0.1, 0.15) is 101 Å². The Labute approximate surface area is 207 Å². The molecule has 4 rings (SSSR count). The normalized spacial score (nSPS) is 27.0. The Balaban J connectivity index is 0.00000256. The first kappa shape index (κ1) is 25.2. The van der Waals surface area contributed by atoms with Gasteiger partial charge in [-0.25, -0.2) is 8.42 Å². The molecule has 0 radical (unpaired) electrons. The Bertz CT molecular complexity index is 729. The molecule has 3 fully saturated rings.